The molecule has 0 aliphatic heterocycles. The predicted octanol–water partition coefficient (Wildman–Crippen LogP) is 3.80. The molecule has 2 unspecified atom stereocenters. The molecule has 2 rings (SSSR count). The molecule has 174 valence electrons. The summed E-state index contributed by atoms with van der Waals surface area (Å²) in [5.74, 6) is 1.31. The van der Waals surface area contributed by atoms with Crippen LogP contribution in [0.3, 0.4) is 0 Å². The van der Waals surface area contributed by atoms with E-state index in [2.05, 4.69) is 5.32 Å². The minimum Gasteiger partial charge on any atom is -0.497 e. The van der Waals surface area contributed by atoms with E-state index < -0.39 is 6.04 Å². The van der Waals surface area contributed by atoms with Crippen molar-refractivity contribution in [3.63, 3.8) is 0 Å². The van der Waals surface area contributed by atoms with Crippen LogP contribution in [0.25, 0.3) is 0 Å². The number of carbonyl (C=O) groups is 2. The fourth-order valence-electron chi connectivity index (χ4n) is 3.25. The molecule has 0 spiro atoms. The molecule has 2 amide bonds. The summed E-state index contributed by atoms with van der Waals surface area (Å²) in [5, 5.41) is 3.00. The molecule has 0 aromatic heterocycles. The SMILES string of the molecule is CCC(C)NC(=O)C(CC)N(Cc1ccc(OC)cc1)C(=O)COc1ccccc1OC. The molecule has 0 radical (unpaired) electrons. The van der Waals surface area contributed by atoms with Gasteiger partial charge in [-0.2, -0.15) is 0 Å². The minimum absolute atomic E-state index is 0.0271. The highest BCUT2D eigenvalue weighted by Gasteiger charge is 2.29. The Morgan fingerprint density at radius 3 is 2.16 bits per heavy atom. The normalized spacial score (nSPS) is 12.4. The molecule has 0 bridgehead atoms. The summed E-state index contributed by atoms with van der Waals surface area (Å²) in [6.07, 6.45) is 1.30. The molecule has 0 fully saturated rings. The molecule has 0 saturated carbocycles. The van der Waals surface area contributed by atoms with Gasteiger partial charge in [0.1, 0.15) is 11.8 Å². The highest BCUT2D eigenvalue weighted by molar-refractivity contribution is 5.88. The largest absolute Gasteiger partial charge is 0.497 e. The fraction of sp³-hybridized carbons (Fsp3) is 0.440. The molecule has 32 heavy (non-hydrogen) atoms. The zero-order valence-corrected chi connectivity index (χ0v) is 19.6. The summed E-state index contributed by atoms with van der Waals surface area (Å²) in [5.41, 5.74) is 0.895. The average Bonchev–Trinajstić information content (AvgIpc) is 2.82. The molecular formula is C25H34N2O5. The second-order valence-corrected chi connectivity index (χ2v) is 7.55. The maximum atomic E-state index is 13.3. The number of rotatable bonds is 12. The highest BCUT2D eigenvalue weighted by atomic mass is 16.5. The topological polar surface area (TPSA) is 77.1 Å². The van der Waals surface area contributed by atoms with Gasteiger partial charge in [-0.25, -0.2) is 0 Å². The van der Waals surface area contributed by atoms with Crippen molar-refractivity contribution in [2.45, 2.75) is 52.2 Å². The lowest BCUT2D eigenvalue weighted by atomic mass is 10.1. The summed E-state index contributed by atoms with van der Waals surface area (Å²) >= 11 is 0. The fourth-order valence-corrected chi connectivity index (χ4v) is 3.25. The van der Waals surface area contributed by atoms with Gasteiger partial charge in [-0.1, -0.05) is 38.1 Å². The smallest absolute Gasteiger partial charge is 0.261 e. The van der Waals surface area contributed by atoms with E-state index in [9.17, 15) is 9.59 Å². The Balaban J connectivity index is 2.23. The number of ether oxygens (including phenoxy) is 3. The van der Waals surface area contributed by atoms with Crippen LogP contribution in [0.5, 0.6) is 17.2 Å². The third kappa shape index (κ3) is 6.90. The van der Waals surface area contributed by atoms with Crippen LogP contribution in [0.1, 0.15) is 39.2 Å². The van der Waals surface area contributed by atoms with Crippen LogP contribution >= 0.6 is 0 Å². The number of nitrogens with zero attached hydrogens (tertiary/aromatic N) is 1. The van der Waals surface area contributed by atoms with Crippen LogP contribution in [0.4, 0.5) is 0 Å². The number of para-hydroxylation sites is 2. The Kier molecular flexibility index (Phi) is 9.85. The minimum atomic E-state index is -0.611. The van der Waals surface area contributed by atoms with Crippen LogP contribution in [0.15, 0.2) is 48.5 Å². The van der Waals surface area contributed by atoms with Gasteiger partial charge in [-0.15, -0.1) is 0 Å². The first-order chi connectivity index (χ1) is 15.4. The average molecular weight is 443 g/mol. The number of methoxy groups -OCH3 is 2. The summed E-state index contributed by atoms with van der Waals surface area (Å²) in [7, 11) is 3.15. The van der Waals surface area contributed by atoms with E-state index in [1.807, 2.05) is 57.2 Å². The molecule has 2 aromatic carbocycles. The van der Waals surface area contributed by atoms with Gasteiger partial charge in [-0.05, 0) is 49.6 Å². The van der Waals surface area contributed by atoms with E-state index in [0.29, 0.717) is 17.9 Å². The molecule has 7 nitrogen and oxygen atoms in total. The number of carbonyl (C=O) groups excluding carboxylic acids is 2. The summed E-state index contributed by atoms with van der Waals surface area (Å²) < 4.78 is 16.3. The van der Waals surface area contributed by atoms with E-state index in [1.54, 1.807) is 31.3 Å². The van der Waals surface area contributed by atoms with Gasteiger partial charge in [0, 0.05) is 12.6 Å². The summed E-state index contributed by atoms with van der Waals surface area (Å²) in [6, 6.07) is 14.0. The molecule has 7 heteroatoms. The van der Waals surface area contributed by atoms with Crippen molar-refractivity contribution < 1.29 is 23.8 Å². The standard InChI is InChI=1S/C25H34N2O5/c1-6-18(3)26-25(29)21(7-2)27(16-19-12-14-20(30-4)15-13-19)24(28)17-32-23-11-9-8-10-22(23)31-5/h8-15,18,21H,6-7,16-17H2,1-5H3,(H,26,29). The Morgan fingerprint density at radius 2 is 1.59 bits per heavy atom. The van der Waals surface area contributed by atoms with Crippen molar-refractivity contribution >= 4 is 11.8 Å². The lowest BCUT2D eigenvalue weighted by Crippen LogP contribution is -2.51. The Morgan fingerprint density at radius 1 is 0.938 bits per heavy atom. The number of hydrogen-bond donors (Lipinski definition) is 1. The highest BCUT2D eigenvalue weighted by Crippen LogP contribution is 2.26. The van der Waals surface area contributed by atoms with E-state index in [-0.39, 0.29) is 31.0 Å². The number of benzene rings is 2. The zero-order valence-electron chi connectivity index (χ0n) is 19.6. The van der Waals surface area contributed by atoms with Crippen LogP contribution < -0.4 is 19.5 Å². The Hall–Kier alpha value is -3.22. The second kappa shape index (κ2) is 12.6. The van der Waals surface area contributed by atoms with Gasteiger partial charge in [0.05, 0.1) is 14.2 Å². The van der Waals surface area contributed by atoms with E-state index in [0.717, 1.165) is 17.7 Å². The van der Waals surface area contributed by atoms with Crippen molar-refractivity contribution in [3.05, 3.63) is 54.1 Å². The van der Waals surface area contributed by atoms with Gasteiger partial charge in [0.25, 0.3) is 5.91 Å². The summed E-state index contributed by atoms with van der Waals surface area (Å²) in [4.78, 5) is 27.8. The lowest BCUT2D eigenvalue weighted by Gasteiger charge is -2.31. The van der Waals surface area contributed by atoms with Gasteiger partial charge in [0.15, 0.2) is 18.1 Å². The summed E-state index contributed by atoms with van der Waals surface area (Å²) in [6.45, 7) is 5.93. The van der Waals surface area contributed by atoms with Crippen LogP contribution in [-0.2, 0) is 16.1 Å². The third-order valence-electron chi connectivity index (χ3n) is 5.32. The van der Waals surface area contributed by atoms with E-state index in [1.165, 1.54) is 0 Å². The van der Waals surface area contributed by atoms with Crippen molar-refractivity contribution in [2.24, 2.45) is 0 Å². The van der Waals surface area contributed by atoms with Crippen molar-refractivity contribution in [1.29, 1.82) is 0 Å². The third-order valence-corrected chi connectivity index (χ3v) is 5.32. The molecule has 0 aliphatic carbocycles. The first-order valence-corrected chi connectivity index (χ1v) is 10.9. The van der Waals surface area contributed by atoms with Crippen LogP contribution in [0, 0.1) is 0 Å². The molecule has 1 N–H and O–H groups in total. The quantitative estimate of drug-likeness (QED) is 0.541. The first-order valence-electron chi connectivity index (χ1n) is 10.9. The van der Waals surface area contributed by atoms with Crippen LogP contribution in [-0.4, -0.2) is 49.6 Å². The maximum Gasteiger partial charge on any atom is 0.261 e. The Labute approximate surface area is 190 Å². The van der Waals surface area contributed by atoms with Crippen molar-refractivity contribution in [3.8, 4) is 17.2 Å². The Bertz CT molecular complexity index is 869. The molecule has 0 aliphatic rings. The van der Waals surface area contributed by atoms with Crippen molar-refractivity contribution in [2.75, 3.05) is 20.8 Å². The van der Waals surface area contributed by atoms with Crippen LogP contribution in [0.2, 0.25) is 0 Å². The zero-order chi connectivity index (χ0) is 23.5. The molecule has 2 atom stereocenters. The van der Waals surface area contributed by atoms with E-state index in [4.69, 9.17) is 14.2 Å². The number of amides is 2. The lowest BCUT2D eigenvalue weighted by molar-refractivity contribution is -0.143. The van der Waals surface area contributed by atoms with Gasteiger partial charge < -0.3 is 24.4 Å². The van der Waals surface area contributed by atoms with Gasteiger partial charge in [0.2, 0.25) is 5.91 Å². The molecule has 0 saturated heterocycles. The predicted molar refractivity (Wildman–Crippen MR) is 124 cm³/mol. The number of hydrogen-bond acceptors (Lipinski definition) is 5. The molecule has 0 heterocycles. The van der Waals surface area contributed by atoms with Gasteiger partial charge in [-0.3, -0.25) is 9.59 Å². The maximum absolute atomic E-state index is 13.3. The molecular weight excluding hydrogens is 408 g/mol. The number of nitrogens with one attached hydrogen (secondary N) is 1. The first kappa shape index (κ1) is 25.0. The van der Waals surface area contributed by atoms with Gasteiger partial charge >= 0.3 is 0 Å². The van der Waals surface area contributed by atoms with E-state index >= 15 is 0 Å². The second-order valence-electron chi connectivity index (χ2n) is 7.55. The van der Waals surface area contributed by atoms with Crippen molar-refractivity contribution in [1.82, 2.24) is 10.2 Å². The monoisotopic (exact) mass is 442 g/mol. The molecule has 2 aromatic rings.